The molecule has 0 saturated carbocycles. The van der Waals surface area contributed by atoms with Gasteiger partial charge >= 0.3 is 0 Å². The van der Waals surface area contributed by atoms with Crippen LogP contribution in [-0.2, 0) is 16.6 Å². The normalized spacial score (nSPS) is 12.9. The lowest BCUT2D eigenvalue weighted by atomic mass is 10.1. The summed E-state index contributed by atoms with van der Waals surface area (Å²) in [5.41, 5.74) is 4.58. The molecule has 0 radical (unpaired) electrons. The summed E-state index contributed by atoms with van der Waals surface area (Å²) in [6.07, 6.45) is 0.333. The number of ether oxygens (including phenoxy) is 1. The number of fused-ring (bicyclic) bond motifs is 1. The highest BCUT2D eigenvalue weighted by Gasteiger charge is 2.11. The van der Waals surface area contributed by atoms with Gasteiger partial charge in [0.2, 0.25) is 10.0 Å². The van der Waals surface area contributed by atoms with Crippen LogP contribution in [0.25, 0.3) is 10.9 Å². The van der Waals surface area contributed by atoms with Gasteiger partial charge in [0, 0.05) is 48.0 Å². The van der Waals surface area contributed by atoms with Gasteiger partial charge in [0.05, 0.1) is 12.4 Å². The molecule has 4 N–H and O–H groups in total. The Hall–Kier alpha value is -2.59. The topological polar surface area (TPSA) is 107 Å². The number of H-pyrrole nitrogens is 1. The second-order valence-corrected chi connectivity index (χ2v) is 9.99. The standard InChI is InChI=1S/C23H32N4O4S/c1-16-21(15-27(2)3)20-9-8-19(13-22(20)25-16)31-11-10-24-14-23(28)17-6-5-7-18(12-17)26-32(4,29)30/h5-9,12-13,23-26,28H,10-11,14-15H2,1-4H3. The van der Waals surface area contributed by atoms with E-state index in [1.54, 1.807) is 24.3 Å². The molecule has 3 rings (SSSR count). The summed E-state index contributed by atoms with van der Waals surface area (Å²) in [5, 5.41) is 14.8. The van der Waals surface area contributed by atoms with Crippen LogP contribution >= 0.6 is 0 Å². The van der Waals surface area contributed by atoms with Crippen molar-refractivity contribution in [2.24, 2.45) is 0 Å². The van der Waals surface area contributed by atoms with E-state index in [1.807, 2.05) is 12.1 Å². The lowest BCUT2D eigenvalue weighted by Gasteiger charge is -2.14. The molecule has 0 aliphatic heterocycles. The summed E-state index contributed by atoms with van der Waals surface area (Å²) >= 11 is 0. The van der Waals surface area contributed by atoms with E-state index >= 15 is 0 Å². The van der Waals surface area contributed by atoms with Gasteiger partial charge in [-0.2, -0.15) is 0 Å². The molecule has 3 aromatic rings. The smallest absolute Gasteiger partial charge is 0.229 e. The minimum absolute atomic E-state index is 0.328. The number of aliphatic hydroxyl groups is 1. The zero-order valence-electron chi connectivity index (χ0n) is 19.0. The molecular formula is C23H32N4O4S. The predicted molar refractivity (Wildman–Crippen MR) is 129 cm³/mol. The Morgan fingerprint density at radius 1 is 1.19 bits per heavy atom. The first-order chi connectivity index (χ1) is 15.1. The summed E-state index contributed by atoms with van der Waals surface area (Å²) in [7, 11) is 0.758. The maximum absolute atomic E-state index is 11.4. The molecule has 0 saturated heterocycles. The zero-order chi connectivity index (χ0) is 23.3. The van der Waals surface area contributed by atoms with Crippen molar-refractivity contribution in [3.05, 3.63) is 59.3 Å². The first-order valence-corrected chi connectivity index (χ1v) is 12.4. The Morgan fingerprint density at radius 2 is 1.97 bits per heavy atom. The fourth-order valence-corrected chi connectivity index (χ4v) is 4.16. The number of aryl methyl sites for hydroxylation is 1. The van der Waals surface area contributed by atoms with Crippen molar-refractivity contribution in [1.29, 1.82) is 0 Å². The number of nitrogens with one attached hydrogen (secondary N) is 3. The number of hydrogen-bond donors (Lipinski definition) is 4. The summed E-state index contributed by atoms with van der Waals surface area (Å²) in [6, 6.07) is 12.8. The van der Waals surface area contributed by atoms with Crippen LogP contribution in [0.2, 0.25) is 0 Å². The number of benzene rings is 2. The molecule has 1 heterocycles. The molecule has 0 aliphatic rings. The highest BCUT2D eigenvalue weighted by atomic mass is 32.2. The number of rotatable bonds is 11. The van der Waals surface area contributed by atoms with Crippen LogP contribution in [0.5, 0.6) is 5.75 Å². The molecule has 1 aromatic heterocycles. The van der Waals surface area contributed by atoms with Gasteiger partial charge in [0.15, 0.2) is 0 Å². The summed E-state index contributed by atoms with van der Waals surface area (Å²) in [6.45, 7) is 4.31. The van der Waals surface area contributed by atoms with E-state index in [0.717, 1.165) is 29.8 Å². The van der Waals surface area contributed by atoms with Crippen LogP contribution in [0.1, 0.15) is 22.9 Å². The third-order valence-corrected chi connectivity index (χ3v) is 5.63. The fourth-order valence-electron chi connectivity index (χ4n) is 3.60. The lowest BCUT2D eigenvalue weighted by Crippen LogP contribution is -2.26. The van der Waals surface area contributed by atoms with E-state index in [0.29, 0.717) is 30.9 Å². The van der Waals surface area contributed by atoms with Crippen LogP contribution in [0.15, 0.2) is 42.5 Å². The number of hydrogen-bond acceptors (Lipinski definition) is 6. The highest BCUT2D eigenvalue weighted by molar-refractivity contribution is 7.92. The van der Waals surface area contributed by atoms with Crippen LogP contribution in [0, 0.1) is 6.92 Å². The van der Waals surface area contributed by atoms with Gasteiger partial charge < -0.3 is 25.0 Å². The average Bonchev–Trinajstić information content (AvgIpc) is 3.00. The number of sulfonamides is 1. The van der Waals surface area contributed by atoms with Crippen LogP contribution in [0.3, 0.4) is 0 Å². The van der Waals surface area contributed by atoms with Crippen molar-refractivity contribution in [3.63, 3.8) is 0 Å². The van der Waals surface area contributed by atoms with Crippen LogP contribution in [-0.4, -0.2) is 63.5 Å². The molecule has 8 nitrogen and oxygen atoms in total. The Labute approximate surface area is 189 Å². The number of anilines is 1. The molecule has 0 aliphatic carbocycles. The zero-order valence-corrected chi connectivity index (χ0v) is 19.8. The SMILES string of the molecule is Cc1[nH]c2cc(OCCNCC(O)c3cccc(NS(C)(=O)=O)c3)ccc2c1CN(C)C. The lowest BCUT2D eigenvalue weighted by molar-refractivity contribution is 0.172. The van der Waals surface area contributed by atoms with Crippen LogP contribution in [0.4, 0.5) is 5.69 Å². The Morgan fingerprint density at radius 3 is 2.69 bits per heavy atom. The number of aromatic nitrogens is 1. The molecule has 0 amide bonds. The Kier molecular flexibility index (Phi) is 7.78. The van der Waals surface area contributed by atoms with E-state index in [2.05, 4.69) is 47.0 Å². The third-order valence-electron chi connectivity index (χ3n) is 5.03. The second-order valence-electron chi connectivity index (χ2n) is 8.24. The van der Waals surface area contributed by atoms with E-state index in [1.165, 1.54) is 10.9 Å². The molecule has 1 atom stereocenters. The van der Waals surface area contributed by atoms with E-state index in [4.69, 9.17) is 4.74 Å². The molecule has 0 spiro atoms. The molecule has 174 valence electrons. The van der Waals surface area contributed by atoms with Gasteiger partial charge in [-0.05, 0) is 56.4 Å². The molecule has 1 unspecified atom stereocenters. The minimum Gasteiger partial charge on any atom is -0.492 e. The number of aromatic amines is 1. The largest absolute Gasteiger partial charge is 0.492 e. The fraction of sp³-hybridized carbons (Fsp3) is 0.391. The van der Waals surface area contributed by atoms with Crippen molar-refractivity contribution in [3.8, 4) is 5.75 Å². The average molecular weight is 461 g/mol. The van der Waals surface area contributed by atoms with Crippen LogP contribution < -0.4 is 14.8 Å². The van der Waals surface area contributed by atoms with Crippen molar-refractivity contribution in [2.45, 2.75) is 19.6 Å². The molecule has 32 heavy (non-hydrogen) atoms. The van der Waals surface area contributed by atoms with Gasteiger partial charge in [0.1, 0.15) is 12.4 Å². The van der Waals surface area contributed by atoms with Gasteiger partial charge in [-0.25, -0.2) is 8.42 Å². The molecule has 0 bridgehead atoms. The van der Waals surface area contributed by atoms with Crippen molar-refractivity contribution in [1.82, 2.24) is 15.2 Å². The first kappa shape index (κ1) is 24.1. The molecule has 0 fully saturated rings. The number of nitrogens with zero attached hydrogens (tertiary/aromatic N) is 1. The number of aliphatic hydroxyl groups excluding tert-OH is 1. The molecular weight excluding hydrogens is 428 g/mol. The predicted octanol–water partition coefficient (Wildman–Crippen LogP) is 2.61. The van der Waals surface area contributed by atoms with Crippen molar-refractivity contribution >= 4 is 26.6 Å². The van der Waals surface area contributed by atoms with E-state index < -0.39 is 16.1 Å². The third kappa shape index (κ3) is 6.70. The van der Waals surface area contributed by atoms with Gasteiger partial charge in [0.25, 0.3) is 0 Å². The van der Waals surface area contributed by atoms with E-state index in [9.17, 15) is 13.5 Å². The summed E-state index contributed by atoms with van der Waals surface area (Å²) in [5.74, 6) is 0.789. The maximum Gasteiger partial charge on any atom is 0.229 e. The highest BCUT2D eigenvalue weighted by Crippen LogP contribution is 2.26. The Balaban J connectivity index is 1.48. The van der Waals surface area contributed by atoms with E-state index in [-0.39, 0.29) is 0 Å². The van der Waals surface area contributed by atoms with Gasteiger partial charge in [-0.15, -0.1) is 0 Å². The monoisotopic (exact) mass is 460 g/mol. The molecule has 9 heteroatoms. The van der Waals surface area contributed by atoms with Gasteiger partial charge in [-0.3, -0.25) is 4.72 Å². The van der Waals surface area contributed by atoms with Crippen molar-refractivity contribution in [2.75, 3.05) is 44.8 Å². The summed E-state index contributed by atoms with van der Waals surface area (Å²) < 4.78 is 31.0. The quantitative estimate of drug-likeness (QED) is 0.328. The minimum atomic E-state index is -3.36. The maximum atomic E-state index is 11.4. The second kappa shape index (κ2) is 10.4. The van der Waals surface area contributed by atoms with Crippen molar-refractivity contribution < 1.29 is 18.3 Å². The molecule has 2 aromatic carbocycles. The summed E-state index contributed by atoms with van der Waals surface area (Å²) in [4.78, 5) is 5.58. The van der Waals surface area contributed by atoms with Gasteiger partial charge in [-0.1, -0.05) is 12.1 Å². The first-order valence-electron chi connectivity index (χ1n) is 10.5. The Bertz CT molecular complexity index is 1160.